The average molecular weight is 383 g/mol. The number of rotatable bonds is 8. The summed E-state index contributed by atoms with van der Waals surface area (Å²) < 4.78 is 16.9. The minimum Gasteiger partial charge on any atom is -0.497 e. The molecule has 2 aromatic rings. The number of methoxy groups -OCH3 is 1. The number of aryl methyl sites for hydroxylation is 1. The van der Waals surface area contributed by atoms with Crippen LogP contribution in [-0.2, 0) is 17.6 Å². The van der Waals surface area contributed by atoms with Crippen LogP contribution < -0.4 is 19.5 Å². The van der Waals surface area contributed by atoms with E-state index in [4.69, 9.17) is 14.2 Å². The molecule has 28 heavy (non-hydrogen) atoms. The van der Waals surface area contributed by atoms with Crippen molar-refractivity contribution < 1.29 is 19.0 Å². The highest BCUT2D eigenvalue weighted by atomic mass is 16.5. The number of nitrogens with one attached hydrogen (secondary N) is 1. The molecule has 0 heterocycles. The second-order valence-corrected chi connectivity index (χ2v) is 7.26. The molecule has 5 nitrogen and oxygen atoms in total. The average Bonchev–Trinajstić information content (AvgIpc) is 2.73. The van der Waals surface area contributed by atoms with E-state index < -0.39 is 6.10 Å². The first-order valence-electron chi connectivity index (χ1n) is 9.91. The van der Waals surface area contributed by atoms with Crippen LogP contribution in [-0.4, -0.2) is 31.8 Å². The number of hydrogen-bond donors (Lipinski definition) is 1. The summed E-state index contributed by atoms with van der Waals surface area (Å²) in [6, 6.07) is 13.4. The van der Waals surface area contributed by atoms with Crippen LogP contribution >= 0.6 is 0 Å². The van der Waals surface area contributed by atoms with Gasteiger partial charge in [0.15, 0.2) is 6.10 Å². The normalized spacial score (nSPS) is 15.1. The van der Waals surface area contributed by atoms with Gasteiger partial charge in [-0.15, -0.1) is 0 Å². The summed E-state index contributed by atoms with van der Waals surface area (Å²) in [6.07, 6.45) is 3.95. The molecule has 5 heteroatoms. The highest BCUT2D eigenvalue weighted by Crippen LogP contribution is 2.30. The maximum Gasteiger partial charge on any atom is 0.261 e. The molecule has 0 aliphatic heterocycles. The molecule has 0 bridgehead atoms. The monoisotopic (exact) mass is 383 g/mol. The summed E-state index contributed by atoms with van der Waals surface area (Å²) in [5.74, 6) is 2.21. The van der Waals surface area contributed by atoms with E-state index in [1.54, 1.807) is 14.0 Å². The largest absolute Gasteiger partial charge is 0.497 e. The molecular weight excluding hydrogens is 354 g/mol. The van der Waals surface area contributed by atoms with Crippen molar-refractivity contribution in [3.63, 3.8) is 0 Å². The first-order chi connectivity index (χ1) is 13.6. The Balaban J connectivity index is 1.49. The zero-order valence-electron chi connectivity index (χ0n) is 16.9. The minimum absolute atomic E-state index is 0.134. The molecule has 0 aromatic heterocycles. The fraction of sp³-hybridized carbons (Fsp3) is 0.435. The van der Waals surface area contributed by atoms with E-state index in [0.29, 0.717) is 6.61 Å². The Hall–Kier alpha value is -2.69. The van der Waals surface area contributed by atoms with Gasteiger partial charge in [0.25, 0.3) is 5.91 Å². The number of amides is 1. The summed E-state index contributed by atoms with van der Waals surface area (Å²) >= 11 is 0. The highest BCUT2D eigenvalue weighted by Gasteiger charge is 2.20. The van der Waals surface area contributed by atoms with Gasteiger partial charge in [0.2, 0.25) is 0 Å². The SMILES string of the molecule is COc1ccc(OC[C@H](C)NC(=O)[C@@H](C)Oc2cccc3c2CCCC3)cc1. The van der Waals surface area contributed by atoms with Crippen LogP contribution in [0.4, 0.5) is 0 Å². The first kappa shape index (κ1) is 20.1. The molecule has 1 amide bonds. The number of carbonyl (C=O) groups is 1. The molecule has 2 atom stereocenters. The lowest BCUT2D eigenvalue weighted by Gasteiger charge is -2.23. The van der Waals surface area contributed by atoms with Gasteiger partial charge in [-0.25, -0.2) is 0 Å². The smallest absolute Gasteiger partial charge is 0.261 e. The Morgan fingerprint density at radius 1 is 1.04 bits per heavy atom. The zero-order valence-corrected chi connectivity index (χ0v) is 16.9. The lowest BCUT2D eigenvalue weighted by Crippen LogP contribution is -2.43. The van der Waals surface area contributed by atoms with Crippen molar-refractivity contribution in [2.45, 2.75) is 51.7 Å². The van der Waals surface area contributed by atoms with Crippen LogP contribution in [0, 0.1) is 0 Å². The van der Waals surface area contributed by atoms with Crippen LogP contribution in [0.5, 0.6) is 17.2 Å². The molecule has 150 valence electrons. The topological polar surface area (TPSA) is 56.8 Å². The van der Waals surface area contributed by atoms with Crippen molar-refractivity contribution in [2.75, 3.05) is 13.7 Å². The van der Waals surface area contributed by atoms with Crippen molar-refractivity contribution in [1.82, 2.24) is 5.32 Å². The third kappa shape index (κ3) is 5.18. The number of ether oxygens (including phenoxy) is 3. The third-order valence-corrected chi connectivity index (χ3v) is 4.97. The van der Waals surface area contributed by atoms with Crippen molar-refractivity contribution in [1.29, 1.82) is 0 Å². The molecule has 0 spiro atoms. The highest BCUT2D eigenvalue weighted by molar-refractivity contribution is 5.81. The minimum atomic E-state index is -0.558. The van der Waals surface area contributed by atoms with E-state index in [1.807, 2.05) is 43.3 Å². The Morgan fingerprint density at radius 2 is 1.75 bits per heavy atom. The van der Waals surface area contributed by atoms with Crippen LogP contribution in [0.3, 0.4) is 0 Å². The summed E-state index contributed by atoms with van der Waals surface area (Å²) in [4.78, 5) is 12.5. The van der Waals surface area contributed by atoms with Crippen molar-refractivity contribution in [3.8, 4) is 17.2 Å². The standard InChI is InChI=1S/C23H29NO4/c1-16(15-27-20-13-11-19(26-3)12-14-20)24-23(25)17(2)28-22-10-6-8-18-7-4-5-9-21(18)22/h6,8,10-14,16-17H,4-5,7,9,15H2,1-3H3,(H,24,25)/t16-,17+/m0/s1. The van der Waals surface area contributed by atoms with E-state index >= 15 is 0 Å². The maximum atomic E-state index is 12.5. The molecule has 2 aromatic carbocycles. The van der Waals surface area contributed by atoms with Crippen molar-refractivity contribution in [2.24, 2.45) is 0 Å². The van der Waals surface area contributed by atoms with E-state index in [-0.39, 0.29) is 11.9 Å². The van der Waals surface area contributed by atoms with E-state index in [1.165, 1.54) is 24.0 Å². The number of fused-ring (bicyclic) bond motifs is 1. The van der Waals surface area contributed by atoms with E-state index in [2.05, 4.69) is 11.4 Å². The van der Waals surface area contributed by atoms with Gasteiger partial charge in [-0.05, 0) is 81.0 Å². The number of hydrogen-bond acceptors (Lipinski definition) is 4. The molecule has 0 unspecified atom stereocenters. The van der Waals surface area contributed by atoms with Gasteiger partial charge >= 0.3 is 0 Å². The first-order valence-corrected chi connectivity index (χ1v) is 9.91. The molecule has 3 rings (SSSR count). The summed E-state index contributed by atoms with van der Waals surface area (Å²) in [6.45, 7) is 4.08. The summed E-state index contributed by atoms with van der Waals surface area (Å²) in [5.41, 5.74) is 2.60. The van der Waals surface area contributed by atoms with E-state index in [0.717, 1.165) is 30.1 Å². The second-order valence-electron chi connectivity index (χ2n) is 7.26. The van der Waals surface area contributed by atoms with Crippen LogP contribution in [0.1, 0.15) is 37.8 Å². The third-order valence-electron chi connectivity index (χ3n) is 4.97. The number of benzene rings is 2. The van der Waals surface area contributed by atoms with Gasteiger partial charge in [0.05, 0.1) is 13.2 Å². The van der Waals surface area contributed by atoms with Gasteiger partial charge in [0, 0.05) is 0 Å². The molecule has 1 aliphatic carbocycles. The van der Waals surface area contributed by atoms with Crippen LogP contribution in [0.2, 0.25) is 0 Å². The molecule has 0 saturated carbocycles. The zero-order chi connectivity index (χ0) is 19.9. The molecular formula is C23H29NO4. The second kappa shape index (κ2) is 9.49. The molecule has 1 aliphatic rings. The Kier molecular flexibility index (Phi) is 6.80. The van der Waals surface area contributed by atoms with Gasteiger partial charge < -0.3 is 19.5 Å². The predicted molar refractivity (Wildman–Crippen MR) is 109 cm³/mol. The Labute approximate surface area is 167 Å². The van der Waals surface area contributed by atoms with Gasteiger partial charge in [-0.3, -0.25) is 4.79 Å². The predicted octanol–water partition coefficient (Wildman–Crippen LogP) is 3.93. The molecule has 0 fully saturated rings. The molecule has 0 saturated heterocycles. The van der Waals surface area contributed by atoms with Gasteiger partial charge in [0.1, 0.15) is 23.9 Å². The van der Waals surface area contributed by atoms with Crippen LogP contribution in [0.15, 0.2) is 42.5 Å². The fourth-order valence-corrected chi connectivity index (χ4v) is 3.40. The lowest BCUT2D eigenvalue weighted by molar-refractivity contribution is -0.128. The van der Waals surface area contributed by atoms with Gasteiger partial charge in [-0.1, -0.05) is 12.1 Å². The van der Waals surface area contributed by atoms with Crippen molar-refractivity contribution in [3.05, 3.63) is 53.6 Å². The van der Waals surface area contributed by atoms with Gasteiger partial charge in [-0.2, -0.15) is 0 Å². The molecule has 0 radical (unpaired) electrons. The fourth-order valence-electron chi connectivity index (χ4n) is 3.40. The maximum absolute atomic E-state index is 12.5. The van der Waals surface area contributed by atoms with Crippen molar-refractivity contribution >= 4 is 5.91 Å². The Morgan fingerprint density at radius 3 is 2.50 bits per heavy atom. The summed E-state index contributed by atoms with van der Waals surface area (Å²) in [5, 5.41) is 2.96. The summed E-state index contributed by atoms with van der Waals surface area (Å²) in [7, 11) is 1.63. The Bertz CT molecular complexity index is 788. The van der Waals surface area contributed by atoms with E-state index in [9.17, 15) is 4.79 Å². The van der Waals surface area contributed by atoms with Crippen LogP contribution in [0.25, 0.3) is 0 Å². The quantitative estimate of drug-likeness (QED) is 0.751. The lowest BCUT2D eigenvalue weighted by atomic mass is 9.91. The molecule has 1 N–H and O–H groups in total. The number of carbonyl (C=O) groups excluding carboxylic acids is 1.